The zero-order valence-electron chi connectivity index (χ0n) is 11.4. The number of hydrogen-bond donors (Lipinski definition) is 0. The van der Waals surface area contributed by atoms with Crippen LogP contribution in [0.25, 0.3) is 11.5 Å². The van der Waals surface area contributed by atoms with Gasteiger partial charge in [0.2, 0.25) is 12.1 Å². The topological polar surface area (TPSA) is 87.7 Å². The van der Waals surface area contributed by atoms with Crippen LogP contribution in [0.1, 0.15) is 32.9 Å². The molecule has 0 aliphatic heterocycles. The molecule has 0 N–H and O–H groups in total. The van der Waals surface area contributed by atoms with Crippen molar-refractivity contribution in [1.29, 1.82) is 0 Å². The van der Waals surface area contributed by atoms with Crippen LogP contribution in [0.3, 0.4) is 0 Å². The molecule has 108 valence electrons. The van der Waals surface area contributed by atoms with Crippen molar-refractivity contribution in [2.24, 2.45) is 7.05 Å². The van der Waals surface area contributed by atoms with Crippen molar-refractivity contribution in [3.63, 3.8) is 0 Å². The fraction of sp³-hybridized carbons (Fsp3) is 0.545. The van der Waals surface area contributed by atoms with E-state index in [-0.39, 0.29) is 5.97 Å². The summed E-state index contributed by atoms with van der Waals surface area (Å²) in [5, 5.41) is 16.4. The molecule has 0 aliphatic rings. The lowest BCUT2D eigenvalue weighted by atomic mass is 10.4. The molecule has 0 aliphatic carbocycles. The maximum Gasteiger partial charge on any atom is 0.307 e. The number of carbonyl (C=O) groups is 1. The first-order valence-electron chi connectivity index (χ1n) is 6.23. The minimum atomic E-state index is -0.533. The van der Waals surface area contributed by atoms with Gasteiger partial charge in [0.15, 0.2) is 0 Å². The van der Waals surface area contributed by atoms with Crippen molar-refractivity contribution >= 4 is 28.6 Å². The van der Waals surface area contributed by atoms with E-state index in [9.17, 15) is 4.79 Å². The Kier molecular flexibility index (Phi) is 4.68. The zero-order valence-corrected chi connectivity index (χ0v) is 13.6. The number of hydrogen-bond acceptors (Lipinski definition) is 6. The van der Waals surface area contributed by atoms with Crippen LogP contribution in [0.4, 0.5) is 0 Å². The highest BCUT2D eigenvalue weighted by atomic mass is 127. The summed E-state index contributed by atoms with van der Waals surface area (Å²) < 4.78 is 7.88. The van der Waals surface area contributed by atoms with Gasteiger partial charge >= 0.3 is 5.97 Å². The first kappa shape index (κ1) is 14.9. The molecule has 0 fully saturated rings. The Labute approximate surface area is 129 Å². The number of tetrazole rings is 1. The molecule has 2 heterocycles. The Morgan fingerprint density at radius 1 is 1.50 bits per heavy atom. The van der Waals surface area contributed by atoms with Crippen LogP contribution in [0.2, 0.25) is 0 Å². The fourth-order valence-electron chi connectivity index (χ4n) is 1.63. The van der Waals surface area contributed by atoms with Crippen LogP contribution in [-0.2, 0) is 16.6 Å². The van der Waals surface area contributed by atoms with E-state index >= 15 is 0 Å². The molecule has 0 amide bonds. The van der Waals surface area contributed by atoms with E-state index in [0.717, 1.165) is 9.26 Å². The molecule has 0 saturated carbocycles. The van der Waals surface area contributed by atoms with Gasteiger partial charge in [-0.25, -0.2) is 0 Å². The second kappa shape index (κ2) is 6.29. The molecule has 1 unspecified atom stereocenters. The largest absolute Gasteiger partial charge is 0.438 e. The molecule has 0 saturated heterocycles. The van der Waals surface area contributed by atoms with Crippen molar-refractivity contribution in [1.82, 2.24) is 30.0 Å². The quantitative estimate of drug-likeness (QED) is 0.569. The third-order valence-corrected chi connectivity index (χ3v) is 3.49. The van der Waals surface area contributed by atoms with Crippen LogP contribution < -0.4 is 0 Å². The minimum absolute atomic E-state index is 0.286. The van der Waals surface area contributed by atoms with E-state index in [1.165, 1.54) is 4.80 Å². The number of halogens is 1. The molecule has 2 aromatic rings. The Morgan fingerprint density at radius 2 is 2.25 bits per heavy atom. The summed E-state index contributed by atoms with van der Waals surface area (Å²) in [4.78, 5) is 12.7. The summed E-state index contributed by atoms with van der Waals surface area (Å²) in [6.45, 7) is 3.64. The first-order chi connectivity index (χ1) is 9.56. The molecule has 0 aromatic carbocycles. The number of rotatable bonds is 5. The lowest BCUT2D eigenvalue weighted by molar-refractivity contribution is -0.155. The normalized spacial score (nSPS) is 12.4. The summed E-state index contributed by atoms with van der Waals surface area (Å²) in [7, 11) is 1.81. The van der Waals surface area contributed by atoms with Gasteiger partial charge in [-0.15, -0.1) is 15.0 Å². The molecule has 0 bridgehead atoms. The van der Waals surface area contributed by atoms with E-state index in [4.69, 9.17) is 4.74 Å². The average molecular weight is 390 g/mol. The van der Waals surface area contributed by atoms with Gasteiger partial charge < -0.3 is 4.74 Å². The van der Waals surface area contributed by atoms with Crippen molar-refractivity contribution < 1.29 is 9.53 Å². The van der Waals surface area contributed by atoms with Crippen molar-refractivity contribution in [2.75, 3.05) is 0 Å². The average Bonchev–Trinajstić information content (AvgIpc) is 3.03. The van der Waals surface area contributed by atoms with E-state index < -0.39 is 6.23 Å². The Hall–Kier alpha value is -1.52. The van der Waals surface area contributed by atoms with Gasteiger partial charge in [-0.2, -0.15) is 5.10 Å². The molecule has 2 rings (SSSR count). The van der Waals surface area contributed by atoms with Gasteiger partial charge in [0.1, 0.15) is 5.69 Å². The summed E-state index contributed by atoms with van der Waals surface area (Å²) >= 11 is 2.16. The molecule has 9 heteroatoms. The second-order valence-corrected chi connectivity index (χ2v) is 5.27. The zero-order chi connectivity index (χ0) is 14.7. The highest BCUT2D eigenvalue weighted by Crippen LogP contribution is 2.21. The van der Waals surface area contributed by atoms with Gasteiger partial charge in [0, 0.05) is 19.9 Å². The number of nitrogens with zero attached hydrogens (tertiary/aromatic N) is 6. The van der Waals surface area contributed by atoms with Gasteiger partial charge in [0.25, 0.3) is 0 Å². The van der Waals surface area contributed by atoms with E-state index in [1.54, 1.807) is 17.8 Å². The number of esters is 1. The predicted molar refractivity (Wildman–Crippen MR) is 78.4 cm³/mol. The van der Waals surface area contributed by atoms with E-state index in [0.29, 0.717) is 18.7 Å². The molecule has 20 heavy (non-hydrogen) atoms. The van der Waals surface area contributed by atoms with Gasteiger partial charge in [-0.3, -0.25) is 9.48 Å². The Balaban J connectivity index is 2.26. The molecule has 1 atom stereocenters. The van der Waals surface area contributed by atoms with E-state index in [2.05, 4.69) is 43.1 Å². The first-order valence-corrected chi connectivity index (χ1v) is 7.31. The monoisotopic (exact) mass is 390 g/mol. The lowest BCUT2D eigenvalue weighted by Gasteiger charge is -2.13. The number of aromatic nitrogens is 6. The van der Waals surface area contributed by atoms with E-state index in [1.807, 2.05) is 14.0 Å². The number of ether oxygens (including phenoxy) is 1. The standard InChI is InChI=1S/C11H15IN6O2/c1-4-8(20-9(19)5-2)18-15-11(14-16-18)10-7(12)6-13-17(10)3/h6,8H,4-5H2,1-3H3. The molecule has 2 aromatic heterocycles. The van der Waals surface area contributed by atoms with Crippen LogP contribution in [0.15, 0.2) is 6.20 Å². The minimum Gasteiger partial charge on any atom is -0.438 e. The van der Waals surface area contributed by atoms with Crippen molar-refractivity contribution in [2.45, 2.75) is 32.9 Å². The highest BCUT2D eigenvalue weighted by molar-refractivity contribution is 14.1. The second-order valence-electron chi connectivity index (χ2n) is 4.10. The predicted octanol–water partition coefficient (Wildman–Crippen LogP) is 1.54. The lowest BCUT2D eigenvalue weighted by Crippen LogP contribution is -2.18. The van der Waals surface area contributed by atoms with Crippen LogP contribution in [0.5, 0.6) is 0 Å². The van der Waals surface area contributed by atoms with Crippen LogP contribution >= 0.6 is 22.6 Å². The summed E-state index contributed by atoms with van der Waals surface area (Å²) in [5.74, 6) is 0.172. The van der Waals surface area contributed by atoms with Gasteiger partial charge in [-0.1, -0.05) is 13.8 Å². The maximum absolute atomic E-state index is 11.4. The summed E-state index contributed by atoms with van der Waals surface area (Å²) in [6.07, 6.45) is 2.08. The molecular weight excluding hydrogens is 375 g/mol. The van der Waals surface area contributed by atoms with Gasteiger partial charge in [-0.05, 0) is 27.8 Å². The molecule has 0 radical (unpaired) electrons. The van der Waals surface area contributed by atoms with Crippen molar-refractivity contribution in [3.8, 4) is 11.5 Å². The molecular formula is C11H15IN6O2. The molecule has 0 spiro atoms. The van der Waals surface area contributed by atoms with Gasteiger partial charge in [0.05, 0.1) is 9.77 Å². The highest BCUT2D eigenvalue weighted by Gasteiger charge is 2.20. The summed E-state index contributed by atoms with van der Waals surface area (Å²) in [5.41, 5.74) is 0.786. The SMILES string of the molecule is CCC(=O)OC(CC)n1nnc(-c2c(I)cnn2C)n1. The smallest absolute Gasteiger partial charge is 0.307 e. The number of carbonyl (C=O) groups excluding carboxylic acids is 1. The number of aryl methyl sites for hydroxylation is 1. The Morgan fingerprint density at radius 3 is 2.80 bits per heavy atom. The summed E-state index contributed by atoms with van der Waals surface area (Å²) in [6, 6.07) is 0. The molecule has 8 nitrogen and oxygen atoms in total. The van der Waals surface area contributed by atoms with Crippen LogP contribution in [0, 0.1) is 3.57 Å². The fourth-order valence-corrected chi connectivity index (χ4v) is 2.35. The third-order valence-electron chi connectivity index (χ3n) is 2.70. The van der Waals surface area contributed by atoms with Crippen LogP contribution in [-0.4, -0.2) is 36.0 Å². The maximum atomic E-state index is 11.4. The van der Waals surface area contributed by atoms with Crippen molar-refractivity contribution in [3.05, 3.63) is 9.77 Å². The third kappa shape index (κ3) is 2.97. The Bertz CT molecular complexity index is 588.